The Kier molecular flexibility index (Phi) is 6.60. The number of hydrogen-bond acceptors (Lipinski definition) is 7. The highest BCUT2D eigenvalue weighted by Gasteiger charge is 2.31. The number of furan rings is 1. The van der Waals surface area contributed by atoms with Gasteiger partial charge in [0.1, 0.15) is 23.8 Å². The van der Waals surface area contributed by atoms with Crippen LogP contribution in [0.2, 0.25) is 0 Å². The molecule has 1 saturated heterocycles. The van der Waals surface area contributed by atoms with Gasteiger partial charge in [0, 0.05) is 11.6 Å². The maximum atomic E-state index is 12.9. The van der Waals surface area contributed by atoms with Crippen molar-refractivity contribution in [3.8, 4) is 11.5 Å². The van der Waals surface area contributed by atoms with E-state index in [0.717, 1.165) is 5.56 Å². The number of ether oxygens (including phenoxy) is 2. The van der Waals surface area contributed by atoms with Crippen molar-refractivity contribution in [1.82, 2.24) is 10.2 Å². The number of amides is 1. The molecule has 1 amide bonds. The second kappa shape index (κ2) is 9.75. The van der Waals surface area contributed by atoms with Crippen molar-refractivity contribution >= 4 is 35.0 Å². The van der Waals surface area contributed by atoms with Crippen LogP contribution in [0.1, 0.15) is 22.5 Å². The van der Waals surface area contributed by atoms with E-state index in [-0.39, 0.29) is 35.6 Å². The van der Waals surface area contributed by atoms with E-state index in [1.807, 2.05) is 6.92 Å². The minimum Gasteiger partial charge on any atom is -0.496 e. The number of nitro groups is 1. The summed E-state index contributed by atoms with van der Waals surface area (Å²) in [4.78, 5) is 25.1. The van der Waals surface area contributed by atoms with Gasteiger partial charge in [-0.2, -0.15) is 0 Å². The lowest BCUT2D eigenvalue weighted by Crippen LogP contribution is -2.29. The minimum atomic E-state index is -0.485. The van der Waals surface area contributed by atoms with Gasteiger partial charge in [-0.3, -0.25) is 19.8 Å². The molecule has 0 unspecified atom stereocenters. The maximum absolute atomic E-state index is 12.9. The molecule has 1 aromatic heterocycles. The minimum absolute atomic E-state index is 0.0366. The second-order valence-corrected chi connectivity index (χ2v) is 7.93. The lowest BCUT2D eigenvalue weighted by Gasteiger charge is -2.12. The molecular formula is C24H21N3O6S. The summed E-state index contributed by atoms with van der Waals surface area (Å²) < 4.78 is 16.5. The van der Waals surface area contributed by atoms with E-state index in [1.54, 1.807) is 48.5 Å². The lowest BCUT2D eigenvalue weighted by atomic mass is 10.1. The lowest BCUT2D eigenvalue weighted by molar-refractivity contribution is -0.386. The van der Waals surface area contributed by atoms with E-state index < -0.39 is 4.92 Å². The zero-order valence-corrected chi connectivity index (χ0v) is 19.3. The van der Waals surface area contributed by atoms with Crippen LogP contribution in [0.15, 0.2) is 64.9 Å². The SMILES string of the molecule is COc1ccc(/C=C2/NC(=S)N(Cc3ccco3)C2=O)cc1COc1cc(C)ccc1[N+](=O)[O-]. The third-order valence-corrected chi connectivity index (χ3v) is 5.49. The van der Waals surface area contributed by atoms with Gasteiger partial charge in [-0.15, -0.1) is 0 Å². The van der Waals surface area contributed by atoms with Gasteiger partial charge in [0.25, 0.3) is 5.91 Å². The van der Waals surface area contributed by atoms with Crippen LogP contribution in [0.5, 0.6) is 11.5 Å². The fourth-order valence-electron chi connectivity index (χ4n) is 3.48. The molecule has 1 N–H and O–H groups in total. The van der Waals surface area contributed by atoms with Crippen LogP contribution < -0.4 is 14.8 Å². The van der Waals surface area contributed by atoms with E-state index in [0.29, 0.717) is 28.3 Å². The molecular weight excluding hydrogens is 458 g/mol. The van der Waals surface area contributed by atoms with Crippen molar-refractivity contribution < 1.29 is 23.6 Å². The monoisotopic (exact) mass is 479 g/mol. The van der Waals surface area contributed by atoms with Gasteiger partial charge in [-0.25, -0.2) is 0 Å². The van der Waals surface area contributed by atoms with Crippen molar-refractivity contribution in [3.05, 3.63) is 93.1 Å². The molecule has 9 nitrogen and oxygen atoms in total. The predicted octanol–water partition coefficient (Wildman–Crippen LogP) is 4.34. The number of aryl methyl sites for hydroxylation is 1. The van der Waals surface area contributed by atoms with Crippen LogP contribution in [0, 0.1) is 17.0 Å². The molecule has 0 aliphatic carbocycles. The van der Waals surface area contributed by atoms with E-state index in [2.05, 4.69) is 5.32 Å². The number of benzene rings is 2. The number of nitro benzene ring substituents is 1. The zero-order valence-electron chi connectivity index (χ0n) is 18.4. The summed E-state index contributed by atoms with van der Waals surface area (Å²) in [6.07, 6.45) is 3.21. The quantitative estimate of drug-likeness (QED) is 0.220. The largest absolute Gasteiger partial charge is 0.496 e. The average Bonchev–Trinajstić information content (AvgIpc) is 3.42. The van der Waals surface area contributed by atoms with Crippen LogP contribution in [0.3, 0.4) is 0 Å². The molecule has 0 atom stereocenters. The van der Waals surface area contributed by atoms with E-state index in [9.17, 15) is 14.9 Å². The number of carbonyl (C=O) groups is 1. The smallest absolute Gasteiger partial charge is 0.310 e. The summed E-state index contributed by atoms with van der Waals surface area (Å²) in [6.45, 7) is 2.09. The first-order chi connectivity index (χ1) is 16.4. The number of methoxy groups -OCH3 is 1. The van der Waals surface area contributed by atoms with Crippen LogP contribution >= 0.6 is 12.2 Å². The summed E-state index contributed by atoms with van der Waals surface area (Å²) >= 11 is 5.31. The normalized spacial score (nSPS) is 14.4. The van der Waals surface area contributed by atoms with Crippen LogP contribution in [0.4, 0.5) is 5.69 Å². The summed E-state index contributed by atoms with van der Waals surface area (Å²) in [5, 5.41) is 14.6. The molecule has 1 fully saturated rings. The fourth-order valence-corrected chi connectivity index (χ4v) is 3.74. The third-order valence-electron chi connectivity index (χ3n) is 5.17. The average molecular weight is 480 g/mol. The van der Waals surface area contributed by atoms with Gasteiger partial charge in [-0.05, 0) is 66.7 Å². The van der Waals surface area contributed by atoms with Gasteiger partial charge in [-0.1, -0.05) is 12.1 Å². The van der Waals surface area contributed by atoms with E-state index in [1.165, 1.54) is 24.3 Å². The highest BCUT2D eigenvalue weighted by molar-refractivity contribution is 7.80. The van der Waals surface area contributed by atoms with Gasteiger partial charge >= 0.3 is 5.69 Å². The van der Waals surface area contributed by atoms with Crippen LogP contribution in [0.25, 0.3) is 6.08 Å². The zero-order chi connectivity index (χ0) is 24.2. The van der Waals surface area contributed by atoms with Crippen molar-refractivity contribution in [3.63, 3.8) is 0 Å². The molecule has 0 spiro atoms. The first-order valence-electron chi connectivity index (χ1n) is 10.3. The predicted molar refractivity (Wildman–Crippen MR) is 128 cm³/mol. The molecule has 0 bridgehead atoms. The number of hydrogen-bond donors (Lipinski definition) is 1. The fraction of sp³-hybridized carbons (Fsp3) is 0.167. The highest BCUT2D eigenvalue weighted by atomic mass is 32.1. The van der Waals surface area contributed by atoms with Gasteiger partial charge in [0.05, 0.1) is 24.8 Å². The molecule has 1 aliphatic heterocycles. The second-order valence-electron chi connectivity index (χ2n) is 7.55. The van der Waals surface area contributed by atoms with Gasteiger partial charge in [0.2, 0.25) is 0 Å². The van der Waals surface area contributed by atoms with Gasteiger partial charge < -0.3 is 19.2 Å². The standard InChI is InChI=1S/C24H21N3O6S/c1-15-5-7-20(27(29)30)22(10-15)33-14-17-11-16(6-8-21(17)31-2)12-19-23(28)26(24(34)25-19)13-18-4-3-9-32-18/h3-12H,13-14H2,1-2H3,(H,25,34)/b19-12+. The molecule has 10 heteroatoms. The number of carbonyl (C=O) groups excluding carboxylic acids is 1. The molecule has 2 heterocycles. The molecule has 1 aliphatic rings. The molecule has 174 valence electrons. The molecule has 3 aromatic rings. The van der Waals surface area contributed by atoms with Gasteiger partial charge in [0.15, 0.2) is 10.9 Å². The van der Waals surface area contributed by atoms with Crippen molar-refractivity contribution in [2.75, 3.05) is 7.11 Å². The molecule has 2 aromatic carbocycles. The summed E-state index contributed by atoms with van der Waals surface area (Å²) in [5.41, 5.74) is 2.41. The Morgan fingerprint density at radius 1 is 1.21 bits per heavy atom. The number of rotatable bonds is 8. The van der Waals surface area contributed by atoms with Crippen molar-refractivity contribution in [2.45, 2.75) is 20.1 Å². The Morgan fingerprint density at radius 2 is 2.03 bits per heavy atom. The third kappa shape index (κ3) is 4.91. The molecule has 4 rings (SSSR count). The van der Waals surface area contributed by atoms with Crippen LogP contribution in [-0.2, 0) is 17.9 Å². The maximum Gasteiger partial charge on any atom is 0.310 e. The number of nitrogens with one attached hydrogen (secondary N) is 1. The van der Waals surface area contributed by atoms with Crippen molar-refractivity contribution in [1.29, 1.82) is 0 Å². The number of nitrogens with zero attached hydrogens (tertiary/aromatic N) is 2. The summed E-state index contributed by atoms with van der Waals surface area (Å²) in [5.74, 6) is 1.07. The molecule has 0 saturated carbocycles. The Labute approximate surface area is 200 Å². The van der Waals surface area contributed by atoms with Crippen molar-refractivity contribution in [2.24, 2.45) is 0 Å². The Bertz CT molecular complexity index is 1290. The summed E-state index contributed by atoms with van der Waals surface area (Å²) in [7, 11) is 1.53. The van der Waals surface area contributed by atoms with Crippen LogP contribution in [-0.4, -0.2) is 28.0 Å². The first kappa shape index (κ1) is 23.0. The van der Waals surface area contributed by atoms with E-state index >= 15 is 0 Å². The number of thiocarbonyl (C=S) groups is 1. The van der Waals surface area contributed by atoms with E-state index in [4.69, 9.17) is 26.1 Å². The molecule has 0 radical (unpaired) electrons. The summed E-state index contributed by atoms with van der Waals surface area (Å²) in [6, 6.07) is 13.5. The highest BCUT2D eigenvalue weighted by Crippen LogP contribution is 2.30. The Balaban J connectivity index is 1.55. The first-order valence-corrected chi connectivity index (χ1v) is 10.7. The topological polar surface area (TPSA) is 107 Å². The Hall–Kier alpha value is -4.18. The Morgan fingerprint density at radius 3 is 2.74 bits per heavy atom. The molecule has 34 heavy (non-hydrogen) atoms.